The summed E-state index contributed by atoms with van der Waals surface area (Å²) in [5, 5.41) is 36.2. The maximum absolute atomic E-state index is 13.4. The number of allylic oxidation sites excluding steroid dienone is 1. The number of hydrazone groups is 1. The SMILES string of the molecule is O=C(OCC(=O)N1N=C2C(=Cc3ccc(Cl)cc3)CCCC2C1c1ccc(Cl)cc1)c1cc(O)c(O)c(O)c1. The second kappa shape index (κ2) is 11.0. The molecule has 10 heteroatoms. The highest BCUT2D eigenvalue weighted by atomic mass is 35.5. The monoisotopic (exact) mass is 566 g/mol. The lowest BCUT2D eigenvalue weighted by molar-refractivity contribution is -0.137. The first kappa shape index (κ1) is 26.6. The van der Waals surface area contributed by atoms with Gasteiger partial charge in [-0.1, -0.05) is 47.5 Å². The van der Waals surface area contributed by atoms with E-state index in [0.717, 1.165) is 53.8 Å². The summed E-state index contributed by atoms with van der Waals surface area (Å²) in [6, 6.07) is 16.2. The summed E-state index contributed by atoms with van der Waals surface area (Å²) in [4.78, 5) is 25.9. The molecule has 0 spiro atoms. The Morgan fingerprint density at radius 1 is 0.974 bits per heavy atom. The number of halogens is 2. The quantitative estimate of drug-likeness (QED) is 0.254. The summed E-state index contributed by atoms with van der Waals surface area (Å²) in [7, 11) is 0. The zero-order chi connectivity index (χ0) is 27.7. The van der Waals surface area contributed by atoms with Crippen LogP contribution in [-0.2, 0) is 9.53 Å². The van der Waals surface area contributed by atoms with Gasteiger partial charge in [0.25, 0.3) is 5.91 Å². The van der Waals surface area contributed by atoms with Crippen LogP contribution in [0.5, 0.6) is 17.2 Å². The number of carbonyl (C=O) groups excluding carboxylic acids is 2. The highest BCUT2D eigenvalue weighted by Gasteiger charge is 2.43. The number of ether oxygens (including phenoxy) is 1. The molecule has 1 saturated carbocycles. The molecule has 1 aliphatic heterocycles. The number of hydrogen-bond acceptors (Lipinski definition) is 7. The fourth-order valence-electron chi connectivity index (χ4n) is 4.96. The van der Waals surface area contributed by atoms with Gasteiger partial charge in [0.05, 0.1) is 17.3 Å². The summed E-state index contributed by atoms with van der Waals surface area (Å²) in [5.74, 6) is -3.69. The lowest BCUT2D eigenvalue weighted by Gasteiger charge is -2.29. The van der Waals surface area contributed by atoms with Crippen molar-refractivity contribution in [2.45, 2.75) is 25.3 Å². The minimum absolute atomic E-state index is 0.0656. The number of aromatic hydroxyl groups is 3. The van der Waals surface area contributed by atoms with E-state index < -0.39 is 41.8 Å². The third-order valence-electron chi connectivity index (χ3n) is 6.81. The molecule has 2 unspecified atom stereocenters. The molecule has 200 valence electrons. The van der Waals surface area contributed by atoms with Gasteiger partial charge in [-0.25, -0.2) is 9.80 Å². The summed E-state index contributed by atoms with van der Waals surface area (Å²) < 4.78 is 5.19. The molecule has 0 bridgehead atoms. The number of phenols is 3. The number of fused-ring (bicyclic) bond motifs is 1. The summed E-state index contributed by atoms with van der Waals surface area (Å²) in [6.07, 6.45) is 4.59. The molecule has 3 N–H and O–H groups in total. The summed E-state index contributed by atoms with van der Waals surface area (Å²) >= 11 is 12.2. The van der Waals surface area contributed by atoms with Crippen molar-refractivity contribution in [2.24, 2.45) is 11.0 Å². The number of phenolic OH excluding ortho intramolecular Hbond substituents is 3. The van der Waals surface area contributed by atoms with Gasteiger partial charge in [0, 0.05) is 16.0 Å². The molecule has 2 atom stereocenters. The zero-order valence-electron chi connectivity index (χ0n) is 20.6. The van der Waals surface area contributed by atoms with Gasteiger partial charge in [-0.15, -0.1) is 0 Å². The first-order valence-electron chi connectivity index (χ1n) is 12.3. The maximum Gasteiger partial charge on any atom is 0.338 e. The van der Waals surface area contributed by atoms with Crippen LogP contribution in [0.2, 0.25) is 10.0 Å². The molecule has 1 heterocycles. The van der Waals surface area contributed by atoms with Crippen LogP contribution >= 0.6 is 23.2 Å². The molecule has 1 amide bonds. The van der Waals surface area contributed by atoms with Crippen LogP contribution in [0.25, 0.3) is 6.08 Å². The van der Waals surface area contributed by atoms with Gasteiger partial charge in [-0.05, 0) is 78.4 Å². The smallest absolute Gasteiger partial charge is 0.338 e. The number of rotatable bonds is 5. The van der Waals surface area contributed by atoms with Gasteiger partial charge in [0.15, 0.2) is 23.9 Å². The molecule has 2 aliphatic rings. The fourth-order valence-corrected chi connectivity index (χ4v) is 5.21. The molecule has 0 radical (unpaired) electrons. The normalized spacial score (nSPS) is 19.5. The molecular weight excluding hydrogens is 543 g/mol. The van der Waals surface area contributed by atoms with E-state index in [0.29, 0.717) is 10.0 Å². The van der Waals surface area contributed by atoms with Crippen molar-refractivity contribution in [1.82, 2.24) is 5.01 Å². The van der Waals surface area contributed by atoms with Crippen LogP contribution < -0.4 is 0 Å². The van der Waals surface area contributed by atoms with Gasteiger partial charge in [0.2, 0.25) is 0 Å². The maximum atomic E-state index is 13.4. The predicted octanol–water partition coefficient (Wildman–Crippen LogP) is 6.09. The van der Waals surface area contributed by atoms with E-state index in [1.165, 1.54) is 5.01 Å². The number of esters is 1. The predicted molar refractivity (Wildman–Crippen MR) is 147 cm³/mol. The molecule has 0 saturated heterocycles. The van der Waals surface area contributed by atoms with Crippen molar-refractivity contribution in [2.75, 3.05) is 6.61 Å². The number of carbonyl (C=O) groups is 2. The number of benzene rings is 3. The van der Waals surface area contributed by atoms with Gasteiger partial charge in [-0.2, -0.15) is 5.10 Å². The van der Waals surface area contributed by atoms with Crippen LogP contribution in [0.1, 0.15) is 46.8 Å². The Hall–Kier alpha value is -4.01. The van der Waals surface area contributed by atoms with Crippen LogP contribution in [0.3, 0.4) is 0 Å². The number of amides is 1. The highest BCUT2D eigenvalue weighted by Crippen LogP contribution is 2.44. The Bertz CT molecular complexity index is 1460. The summed E-state index contributed by atoms with van der Waals surface area (Å²) in [5.41, 5.74) is 3.43. The molecule has 5 rings (SSSR count). The van der Waals surface area contributed by atoms with Gasteiger partial charge >= 0.3 is 5.97 Å². The first-order chi connectivity index (χ1) is 18.7. The van der Waals surface area contributed by atoms with Crippen molar-refractivity contribution in [3.63, 3.8) is 0 Å². The van der Waals surface area contributed by atoms with E-state index in [4.69, 9.17) is 33.0 Å². The van der Waals surface area contributed by atoms with E-state index in [2.05, 4.69) is 6.08 Å². The van der Waals surface area contributed by atoms with E-state index in [-0.39, 0.29) is 11.5 Å². The molecule has 8 nitrogen and oxygen atoms in total. The third kappa shape index (κ3) is 5.57. The Kier molecular flexibility index (Phi) is 7.50. The van der Waals surface area contributed by atoms with Crippen LogP contribution in [0.15, 0.2) is 71.3 Å². The fraction of sp³-hybridized carbons (Fsp3) is 0.207. The minimum atomic E-state index is -0.954. The molecule has 0 aromatic heterocycles. The Balaban J connectivity index is 1.43. The second-order valence-electron chi connectivity index (χ2n) is 9.38. The highest BCUT2D eigenvalue weighted by molar-refractivity contribution is 6.30. The van der Waals surface area contributed by atoms with Gasteiger partial charge < -0.3 is 20.1 Å². The lowest BCUT2D eigenvalue weighted by Crippen LogP contribution is -2.34. The molecule has 39 heavy (non-hydrogen) atoms. The topological polar surface area (TPSA) is 120 Å². The largest absolute Gasteiger partial charge is 0.504 e. The van der Waals surface area contributed by atoms with Crippen molar-refractivity contribution >= 4 is 46.9 Å². The standard InChI is InChI=1S/C29H24Cl2N2O6/c30-20-8-4-16(5-9-20)12-18-2-1-3-22-26(18)32-33(27(22)17-6-10-21(31)11-7-17)25(36)15-39-29(38)19-13-23(34)28(37)24(35)14-19/h4-14,22,27,34-35,37H,1-3,15H2. The number of hydrogen-bond donors (Lipinski definition) is 3. The van der Waals surface area contributed by atoms with E-state index in [9.17, 15) is 24.9 Å². The van der Waals surface area contributed by atoms with Gasteiger partial charge in [-0.3, -0.25) is 4.79 Å². The zero-order valence-corrected chi connectivity index (χ0v) is 22.1. The van der Waals surface area contributed by atoms with Gasteiger partial charge in [0.1, 0.15) is 0 Å². The molecule has 1 fully saturated rings. The van der Waals surface area contributed by atoms with Crippen LogP contribution in [0.4, 0.5) is 0 Å². The average Bonchev–Trinajstić information content (AvgIpc) is 3.32. The van der Waals surface area contributed by atoms with Crippen molar-refractivity contribution in [3.05, 3.63) is 93.0 Å². The Morgan fingerprint density at radius 3 is 2.23 bits per heavy atom. The van der Waals surface area contributed by atoms with Crippen LogP contribution in [-0.4, -0.2) is 44.5 Å². The Morgan fingerprint density at radius 2 is 1.59 bits per heavy atom. The van der Waals surface area contributed by atoms with Crippen molar-refractivity contribution in [1.29, 1.82) is 0 Å². The van der Waals surface area contributed by atoms with Crippen molar-refractivity contribution < 1.29 is 29.6 Å². The van der Waals surface area contributed by atoms with E-state index in [1.54, 1.807) is 12.1 Å². The van der Waals surface area contributed by atoms with Crippen LogP contribution in [0, 0.1) is 5.92 Å². The molecule has 3 aromatic carbocycles. The third-order valence-corrected chi connectivity index (χ3v) is 7.32. The van der Waals surface area contributed by atoms with Crippen molar-refractivity contribution in [3.8, 4) is 17.2 Å². The minimum Gasteiger partial charge on any atom is -0.504 e. The molecule has 3 aromatic rings. The first-order valence-corrected chi connectivity index (χ1v) is 13.0. The average molecular weight is 567 g/mol. The number of nitrogens with zero attached hydrogens (tertiary/aromatic N) is 2. The Labute approximate surface area is 234 Å². The molecule has 1 aliphatic carbocycles. The second-order valence-corrected chi connectivity index (χ2v) is 10.3. The van der Waals surface area contributed by atoms with E-state index in [1.807, 2.05) is 36.4 Å². The van der Waals surface area contributed by atoms with E-state index >= 15 is 0 Å². The lowest BCUT2D eigenvalue weighted by atomic mass is 9.77. The summed E-state index contributed by atoms with van der Waals surface area (Å²) in [6.45, 7) is -0.620. The molecular formula is C29H24Cl2N2O6.